The van der Waals surface area contributed by atoms with Crippen molar-refractivity contribution in [1.29, 1.82) is 0 Å². The molecule has 9 heavy (non-hydrogen) atoms. The Balaban J connectivity index is 3.06. The highest BCUT2D eigenvalue weighted by molar-refractivity contribution is 8.00. The average molecular weight is 164 g/mol. The zero-order valence-electron chi connectivity index (χ0n) is 6.42. The molecule has 0 aromatic heterocycles. The van der Waals surface area contributed by atoms with Gasteiger partial charge in [0.25, 0.3) is 0 Å². The van der Waals surface area contributed by atoms with Gasteiger partial charge in [-0.3, -0.25) is 0 Å². The largest absolute Gasteiger partial charge is 0.178 e. The summed E-state index contributed by atoms with van der Waals surface area (Å²) in [5.41, 5.74) is 0. The van der Waals surface area contributed by atoms with Crippen molar-refractivity contribution in [1.82, 2.24) is 0 Å². The molecule has 0 nitrogen and oxygen atoms in total. The van der Waals surface area contributed by atoms with Crippen molar-refractivity contribution >= 4 is 24.4 Å². The van der Waals surface area contributed by atoms with E-state index in [1.807, 2.05) is 11.8 Å². The lowest BCUT2D eigenvalue weighted by Crippen LogP contribution is -2.01. The van der Waals surface area contributed by atoms with E-state index in [0.29, 0.717) is 0 Å². The summed E-state index contributed by atoms with van der Waals surface area (Å²) < 4.78 is 0. The van der Waals surface area contributed by atoms with Gasteiger partial charge in [-0.2, -0.15) is 24.4 Å². The first kappa shape index (κ1) is 9.70. The Morgan fingerprint density at radius 2 is 1.89 bits per heavy atom. The molecule has 0 bridgehead atoms. The fraction of sp³-hybridized carbons (Fsp3) is 1.00. The Morgan fingerprint density at radius 3 is 2.22 bits per heavy atom. The van der Waals surface area contributed by atoms with Gasteiger partial charge in [0, 0.05) is 11.0 Å². The van der Waals surface area contributed by atoms with E-state index in [1.54, 1.807) is 0 Å². The van der Waals surface area contributed by atoms with Crippen LogP contribution in [0.3, 0.4) is 0 Å². The zero-order chi connectivity index (χ0) is 7.28. The Kier molecular flexibility index (Phi) is 5.91. The van der Waals surface area contributed by atoms with Crippen LogP contribution in [0, 0.1) is 5.92 Å². The van der Waals surface area contributed by atoms with Crippen molar-refractivity contribution in [2.24, 2.45) is 5.92 Å². The van der Waals surface area contributed by atoms with Crippen LogP contribution in [0.25, 0.3) is 0 Å². The summed E-state index contributed by atoms with van der Waals surface area (Å²) in [7, 11) is 0. The second kappa shape index (κ2) is 5.48. The lowest BCUT2D eigenvalue weighted by atomic mass is 10.3. The van der Waals surface area contributed by atoms with Gasteiger partial charge in [-0.05, 0) is 11.7 Å². The molecule has 0 aromatic rings. The second-order valence-electron chi connectivity index (χ2n) is 2.72. The van der Waals surface area contributed by atoms with E-state index in [0.717, 1.165) is 16.9 Å². The van der Waals surface area contributed by atoms with E-state index in [1.165, 1.54) is 5.75 Å². The zero-order valence-corrected chi connectivity index (χ0v) is 8.14. The second-order valence-corrected chi connectivity index (χ2v) is 4.56. The maximum absolute atomic E-state index is 4.20. The minimum atomic E-state index is 0.718. The molecule has 0 heterocycles. The molecule has 1 unspecified atom stereocenters. The molecule has 0 fully saturated rings. The topological polar surface area (TPSA) is 0 Å². The summed E-state index contributed by atoms with van der Waals surface area (Å²) in [5, 5.41) is 0.718. The first-order valence-corrected chi connectivity index (χ1v) is 5.07. The fourth-order valence-corrected chi connectivity index (χ4v) is 1.54. The Hall–Kier alpha value is 0.700. The molecule has 2 heteroatoms. The molecule has 56 valence electrons. The van der Waals surface area contributed by atoms with Crippen LogP contribution in [0.15, 0.2) is 0 Å². The van der Waals surface area contributed by atoms with E-state index in [-0.39, 0.29) is 0 Å². The summed E-state index contributed by atoms with van der Waals surface area (Å²) in [4.78, 5) is 0. The van der Waals surface area contributed by atoms with Crippen LogP contribution < -0.4 is 0 Å². The van der Waals surface area contributed by atoms with E-state index in [9.17, 15) is 0 Å². The van der Waals surface area contributed by atoms with Crippen LogP contribution in [0.2, 0.25) is 0 Å². The first-order valence-electron chi connectivity index (χ1n) is 3.39. The predicted molar refractivity (Wildman–Crippen MR) is 50.6 cm³/mol. The van der Waals surface area contributed by atoms with Gasteiger partial charge in [0.2, 0.25) is 0 Å². The van der Waals surface area contributed by atoms with Crippen molar-refractivity contribution in [3.05, 3.63) is 0 Å². The number of hydrogen-bond acceptors (Lipinski definition) is 2. The van der Waals surface area contributed by atoms with Gasteiger partial charge in [0.1, 0.15) is 0 Å². The average Bonchev–Trinajstić information content (AvgIpc) is 1.83. The van der Waals surface area contributed by atoms with E-state index in [4.69, 9.17) is 0 Å². The quantitative estimate of drug-likeness (QED) is 0.623. The van der Waals surface area contributed by atoms with Gasteiger partial charge in [0.05, 0.1) is 0 Å². The number of rotatable bonds is 4. The van der Waals surface area contributed by atoms with Crippen molar-refractivity contribution in [3.63, 3.8) is 0 Å². The summed E-state index contributed by atoms with van der Waals surface area (Å²) in [6, 6.07) is 0. The van der Waals surface area contributed by atoms with Gasteiger partial charge in [-0.1, -0.05) is 20.8 Å². The molecule has 0 rings (SSSR count). The minimum Gasteiger partial charge on any atom is -0.178 e. The Bertz CT molecular complexity index is 61.9. The number of hydrogen-bond donors (Lipinski definition) is 1. The van der Waals surface area contributed by atoms with Crippen molar-refractivity contribution < 1.29 is 0 Å². The van der Waals surface area contributed by atoms with Gasteiger partial charge in [-0.15, -0.1) is 0 Å². The van der Waals surface area contributed by atoms with Crippen molar-refractivity contribution in [3.8, 4) is 0 Å². The van der Waals surface area contributed by atoms with Gasteiger partial charge in [0.15, 0.2) is 0 Å². The van der Waals surface area contributed by atoms with E-state index >= 15 is 0 Å². The molecule has 0 radical (unpaired) electrons. The highest BCUT2D eigenvalue weighted by Crippen LogP contribution is 2.14. The van der Waals surface area contributed by atoms with Gasteiger partial charge in [-0.25, -0.2) is 0 Å². The first-order chi connectivity index (χ1) is 4.16. The molecule has 0 aliphatic carbocycles. The summed E-state index contributed by atoms with van der Waals surface area (Å²) in [6.45, 7) is 6.72. The van der Waals surface area contributed by atoms with Gasteiger partial charge < -0.3 is 0 Å². The van der Waals surface area contributed by atoms with E-state index < -0.39 is 0 Å². The minimum absolute atomic E-state index is 0.718. The highest BCUT2D eigenvalue weighted by atomic mass is 32.2. The Morgan fingerprint density at radius 1 is 1.33 bits per heavy atom. The molecule has 0 aliphatic rings. The molecular formula is C7H16S2. The number of thiol groups is 1. The molecule has 1 atom stereocenters. The summed E-state index contributed by atoms with van der Waals surface area (Å²) >= 11 is 6.21. The maximum Gasteiger partial charge on any atom is 0.0107 e. The molecule has 0 amide bonds. The van der Waals surface area contributed by atoms with Crippen LogP contribution in [0.1, 0.15) is 20.8 Å². The number of thioether (sulfide) groups is 1. The molecular weight excluding hydrogens is 148 g/mol. The molecule has 0 saturated carbocycles. The van der Waals surface area contributed by atoms with Crippen LogP contribution in [-0.4, -0.2) is 16.8 Å². The monoisotopic (exact) mass is 164 g/mol. The lowest BCUT2D eigenvalue weighted by molar-refractivity contribution is 0.748. The van der Waals surface area contributed by atoms with Crippen molar-refractivity contribution in [2.75, 3.05) is 11.5 Å². The third kappa shape index (κ3) is 6.59. The molecule has 0 N–H and O–H groups in total. The van der Waals surface area contributed by atoms with E-state index in [2.05, 4.69) is 33.4 Å². The predicted octanol–water partition coefficient (Wildman–Crippen LogP) is 2.69. The smallest absolute Gasteiger partial charge is 0.0107 e. The van der Waals surface area contributed by atoms with Crippen LogP contribution in [-0.2, 0) is 0 Å². The van der Waals surface area contributed by atoms with Crippen LogP contribution in [0.4, 0.5) is 0 Å². The molecule has 0 aromatic carbocycles. The lowest BCUT2D eigenvalue weighted by Gasteiger charge is -2.08. The SMILES string of the molecule is CC(C)CSC(C)CS. The highest BCUT2D eigenvalue weighted by Gasteiger charge is 2.00. The fourth-order valence-electron chi connectivity index (χ4n) is 0.409. The molecule has 0 aliphatic heterocycles. The van der Waals surface area contributed by atoms with Crippen LogP contribution >= 0.6 is 24.4 Å². The maximum atomic E-state index is 4.20. The molecule has 0 spiro atoms. The van der Waals surface area contributed by atoms with Crippen molar-refractivity contribution in [2.45, 2.75) is 26.0 Å². The molecule has 0 saturated heterocycles. The van der Waals surface area contributed by atoms with Crippen LogP contribution in [0.5, 0.6) is 0 Å². The standard InChI is InChI=1S/C7H16S2/c1-6(2)5-9-7(3)4-8/h6-8H,4-5H2,1-3H3. The summed E-state index contributed by atoms with van der Waals surface area (Å²) in [6.07, 6.45) is 0. The normalized spacial score (nSPS) is 14.3. The third-order valence-electron chi connectivity index (χ3n) is 0.971. The third-order valence-corrected chi connectivity index (χ3v) is 3.36. The summed E-state index contributed by atoms with van der Waals surface area (Å²) in [5.74, 6) is 3.08. The Labute approximate surface area is 68.2 Å². The van der Waals surface area contributed by atoms with Gasteiger partial charge >= 0.3 is 0 Å².